The maximum absolute atomic E-state index is 15.9. The van der Waals surface area contributed by atoms with Crippen molar-refractivity contribution in [3.8, 4) is 28.8 Å². The second kappa shape index (κ2) is 9.68. The average Bonchev–Trinajstić information content (AvgIpc) is 3.74. The van der Waals surface area contributed by atoms with Crippen LogP contribution >= 0.6 is 0 Å². The van der Waals surface area contributed by atoms with Crippen molar-refractivity contribution in [3.63, 3.8) is 0 Å². The minimum absolute atomic E-state index is 0.127. The third-order valence-electron chi connectivity index (χ3n) is 7.16. The second-order valence-corrected chi connectivity index (χ2v) is 9.77. The van der Waals surface area contributed by atoms with E-state index < -0.39 is 11.6 Å². The van der Waals surface area contributed by atoms with Crippen LogP contribution in [0.5, 0.6) is 11.5 Å². The fourth-order valence-corrected chi connectivity index (χ4v) is 5.19. The summed E-state index contributed by atoms with van der Waals surface area (Å²) in [5.41, 5.74) is 5.91. The Balaban J connectivity index is 1.62. The number of nitriles is 1. The zero-order valence-corrected chi connectivity index (χ0v) is 22.5. The molecule has 2 aliphatic rings. The first-order chi connectivity index (χ1) is 19.3. The van der Waals surface area contributed by atoms with Gasteiger partial charge < -0.3 is 14.4 Å². The largest absolute Gasteiger partial charge is 0.493 e. The fraction of sp³-hybridized carbons (Fsp3) is 0.233. The van der Waals surface area contributed by atoms with Crippen molar-refractivity contribution < 1.29 is 18.3 Å². The molecule has 3 heterocycles. The molecule has 1 fully saturated rings. The van der Waals surface area contributed by atoms with Crippen molar-refractivity contribution in [1.82, 2.24) is 14.8 Å². The number of pyridine rings is 1. The summed E-state index contributed by atoms with van der Waals surface area (Å²) in [4.78, 5) is 8.30. The summed E-state index contributed by atoms with van der Waals surface area (Å²) < 4.78 is 44.0. The molecule has 1 aliphatic carbocycles. The molecular weight excluding hydrogens is 514 g/mol. The number of hydrogen-bond donors (Lipinski definition) is 0. The molecule has 0 radical (unpaired) electrons. The van der Waals surface area contributed by atoms with E-state index in [9.17, 15) is 5.26 Å². The van der Waals surface area contributed by atoms with Crippen LogP contribution in [-0.2, 0) is 13.6 Å². The number of fused-ring (bicyclic) bond motifs is 1. The Morgan fingerprint density at radius 1 is 1.02 bits per heavy atom. The third kappa shape index (κ3) is 4.11. The van der Waals surface area contributed by atoms with Crippen LogP contribution in [0.2, 0.25) is 0 Å². The number of methoxy groups -OCH3 is 2. The molecule has 8 nitrogen and oxygen atoms in total. The predicted molar refractivity (Wildman–Crippen MR) is 146 cm³/mol. The Hall–Kier alpha value is -4.91. The van der Waals surface area contributed by atoms with Gasteiger partial charge in [-0.1, -0.05) is 6.07 Å². The molecule has 4 aromatic rings. The van der Waals surface area contributed by atoms with Gasteiger partial charge in [-0.05, 0) is 49.6 Å². The molecule has 0 spiro atoms. The zero-order chi connectivity index (χ0) is 28.1. The number of rotatable bonds is 5. The Kier molecular flexibility index (Phi) is 6.14. The average molecular weight is 541 g/mol. The molecule has 0 bridgehead atoms. The van der Waals surface area contributed by atoms with Crippen LogP contribution in [0.3, 0.4) is 0 Å². The first kappa shape index (κ1) is 25.4. The van der Waals surface area contributed by atoms with Gasteiger partial charge in [0.15, 0.2) is 23.1 Å². The van der Waals surface area contributed by atoms with Crippen LogP contribution in [0, 0.1) is 29.9 Å². The lowest BCUT2D eigenvalue weighted by molar-refractivity contribution is 0.358. The number of nitrogens with zero attached hydrogens (tertiary/aromatic N) is 6. The molecule has 2 aromatic carbocycles. The molecule has 6 rings (SSSR count). The van der Waals surface area contributed by atoms with Crippen LogP contribution in [0.1, 0.15) is 29.7 Å². The van der Waals surface area contributed by atoms with Crippen LogP contribution in [0.25, 0.3) is 11.3 Å². The summed E-state index contributed by atoms with van der Waals surface area (Å²) in [5, 5.41) is 14.1. The smallest absolute Gasteiger partial charge is 0.191 e. The standard InChI is InChI=1S/C30H26F2N6O2/c1-17-22(16-36(2)35-17)23-11-24-20(14-34-23)15-37(29-27(31)25(39-3)12-26(40-4)28(29)32)30(19-8-9-19)38(24)21-7-5-6-18(10-21)13-33/h5-7,10-12,14,16H,8-9,15H2,1-4H3. The molecule has 0 unspecified atom stereocenters. The van der Waals surface area contributed by atoms with E-state index in [1.165, 1.54) is 20.3 Å². The Morgan fingerprint density at radius 2 is 1.75 bits per heavy atom. The molecule has 1 aliphatic heterocycles. The monoisotopic (exact) mass is 540 g/mol. The molecule has 202 valence electrons. The van der Waals surface area contributed by atoms with Crippen molar-refractivity contribution in [3.05, 3.63) is 88.6 Å². The summed E-state index contributed by atoms with van der Waals surface area (Å²) >= 11 is 0. The number of ether oxygens (including phenoxy) is 2. The van der Waals surface area contributed by atoms with E-state index >= 15 is 8.78 Å². The Labute approximate surface area is 230 Å². The van der Waals surface area contributed by atoms with Gasteiger partial charge in [-0.2, -0.15) is 10.4 Å². The molecule has 0 atom stereocenters. The van der Waals surface area contributed by atoms with E-state index in [1.54, 1.807) is 34.0 Å². The van der Waals surface area contributed by atoms with Gasteiger partial charge in [-0.15, -0.1) is 0 Å². The lowest BCUT2D eigenvalue weighted by atomic mass is 10.0. The summed E-state index contributed by atoms with van der Waals surface area (Å²) in [6, 6.07) is 12.5. The van der Waals surface area contributed by atoms with Crippen LogP contribution < -0.4 is 19.3 Å². The van der Waals surface area contributed by atoms with Gasteiger partial charge >= 0.3 is 0 Å². The van der Waals surface area contributed by atoms with Gasteiger partial charge in [-0.25, -0.2) is 8.78 Å². The van der Waals surface area contributed by atoms with Crippen molar-refractivity contribution in [2.24, 2.45) is 7.05 Å². The van der Waals surface area contributed by atoms with Gasteiger partial charge in [0.25, 0.3) is 0 Å². The van der Waals surface area contributed by atoms with E-state index in [2.05, 4.69) is 11.2 Å². The summed E-state index contributed by atoms with van der Waals surface area (Å²) in [6.07, 6.45) is 5.19. The number of aromatic nitrogens is 3. The fourth-order valence-electron chi connectivity index (χ4n) is 5.19. The van der Waals surface area contributed by atoms with Crippen molar-refractivity contribution >= 4 is 17.1 Å². The topological polar surface area (TPSA) is 79.4 Å². The minimum atomic E-state index is -0.829. The highest BCUT2D eigenvalue weighted by Crippen LogP contribution is 2.50. The maximum atomic E-state index is 15.9. The quantitative estimate of drug-likeness (QED) is 0.302. The van der Waals surface area contributed by atoms with Gasteiger partial charge in [0, 0.05) is 42.3 Å². The molecular formula is C30H26F2N6O2. The number of allylic oxidation sites excluding steroid dienone is 1. The van der Waals surface area contributed by atoms with Gasteiger partial charge in [0.1, 0.15) is 11.5 Å². The number of hydrogen-bond acceptors (Lipinski definition) is 7. The normalized spacial score (nSPS) is 14.2. The number of anilines is 3. The number of aryl methyl sites for hydroxylation is 2. The Bertz CT molecular complexity index is 1700. The summed E-state index contributed by atoms with van der Waals surface area (Å²) in [5.74, 6) is -1.28. The predicted octanol–water partition coefficient (Wildman–Crippen LogP) is 6.12. The van der Waals surface area contributed by atoms with Gasteiger partial charge in [0.05, 0.1) is 49.5 Å². The first-order valence-electron chi connectivity index (χ1n) is 12.7. The zero-order valence-electron chi connectivity index (χ0n) is 22.5. The molecule has 0 amide bonds. The molecule has 40 heavy (non-hydrogen) atoms. The van der Waals surface area contributed by atoms with Gasteiger partial charge in [-0.3, -0.25) is 14.6 Å². The van der Waals surface area contributed by atoms with E-state index in [-0.39, 0.29) is 23.7 Å². The number of benzene rings is 2. The first-order valence-corrected chi connectivity index (χ1v) is 12.7. The molecule has 1 saturated carbocycles. The highest BCUT2D eigenvalue weighted by molar-refractivity contribution is 5.82. The van der Waals surface area contributed by atoms with Crippen molar-refractivity contribution in [2.75, 3.05) is 24.0 Å². The molecule has 0 saturated heterocycles. The maximum Gasteiger partial charge on any atom is 0.191 e. The van der Waals surface area contributed by atoms with Crippen LogP contribution in [-0.4, -0.2) is 29.0 Å². The van der Waals surface area contributed by atoms with E-state index in [0.29, 0.717) is 17.1 Å². The highest BCUT2D eigenvalue weighted by atomic mass is 19.1. The molecule has 10 heteroatoms. The summed E-state index contributed by atoms with van der Waals surface area (Å²) in [7, 11) is 4.52. The number of halogens is 2. The Morgan fingerprint density at radius 3 is 2.35 bits per heavy atom. The van der Waals surface area contributed by atoms with Crippen LogP contribution in [0.4, 0.5) is 25.8 Å². The third-order valence-corrected chi connectivity index (χ3v) is 7.16. The lowest BCUT2D eigenvalue weighted by Gasteiger charge is -2.42. The SMILES string of the molecule is COc1cc(OC)c(F)c(N2Cc3cnc(-c4cn(C)nc4C)cc3N(c3cccc(C#N)c3)C2=C2CC2)c1F. The highest BCUT2D eigenvalue weighted by Gasteiger charge is 2.39. The van der Waals surface area contributed by atoms with Crippen molar-refractivity contribution in [2.45, 2.75) is 26.3 Å². The molecule has 0 N–H and O–H groups in total. The second-order valence-electron chi connectivity index (χ2n) is 9.77. The molecule has 2 aromatic heterocycles. The van der Waals surface area contributed by atoms with Crippen molar-refractivity contribution in [1.29, 1.82) is 5.26 Å². The summed E-state index contributed by atoms with van der Waals surface area (Å²) in [6.45, 7) is 2.08. The lowest BCUT2D eigenvalue weighted by Crippen LogP contribution is -2.39. The van der Waals surface area contributed by atoms with Crippen LogP contribution in [0.15, 0.2) is 60.2 Å². The van der Waals surface area contributed by atoms with E-state index in [0.717, 1.165) is 46.6 Å². The van der Waals surface area contributed by atoms with E-state index in [4.69, 9.17) is 14.5 Å². The minimum Gasteiger partial charge on any atom is -0.493 e. The van der Waals surface area contributed by atoms with E-state index in [1.807, 2.05) is 37.2 Å². The van der Waals surface area contributed by atoms with Gasteiger partial charge in [0.2, 0.25) is 0 Å².